The van der Waals surface area contributed by atoms with Crippen molar-refractivity contribution >= 4 is 24.2 Å². The molecule has 144 valence electrons. The SMILES string of the molecule is Cl.NC1C2CCCC1CC(C(=O)NCC(=O)NCCc1ccccc1)C2. The maximum atomic E-state index is 12.4. The van der Waals surface area contributed by atoms with Crippen molar-refractivity contribution < 1.29 is 9.59 Å². The number of amides is 2. The van der Waals surface area contributed by atoms with Crippen molar-refractivity contribution in [3.8, 4) is 0 Å². The average Bonchev–Trinajstić information content (AvgIpc) is 2.60. The van der Waals surface area contributed by atoms with Gasteiger partial charge in [-0.15, -0.1) is 12.4 Å². The van der Waals surface area contributed by atoms with E-state index in [9.17, 15) is 9.59 Å². The van der Waals surface area contributed by atoms with Gasteiger partial charge in [0, 0.05) is 18.5 Å². The first kappa shape index (κ1) is 20.7. The van der Waals surface area contributed by atoms with Gasteiger partial charge in [0.05, 0.1) is 6.54 Å². The first-order valence-electron chi connectivity index (χ1n) is 9.47. The van der Waals surface area contributed by atoms with Crippen LogP contribution in [0.3, 0.4) is 0 Å². The van der Waals surface area contributed by atoms with Gasteiger partial charge < -0.3 is 16.4 Å². The Morgan fingerprint density at radius 1 is 1.04 bits per heavy atom. The van der Waals surface area contributed by atoms with Gasteiger partial charge in [-0.2, -0.15) is 0 Å². The lowest BCUT2D eigenvalue weighted by molar-refractivity contribution is -0.130. The third-order valence-electron chi connectivity index (χ3n) is 5.79. The molecule has 3 rings (SSSR count). The number of nitrogens with one attached hydrogen (secondary N) is 2. The predicted octanol–water partition coefficient (Wildman–Crippen LogP) is 2.04. The molecule has 6 heteroatoms. The molecule has 2 saturated carbocycles. The second kappa shape index (κ2) is 9.93. The topological polar surface area (TPSA) is 84.2 Å². The van der Waals surface area contributed by atoms with Gasteiger partial charge in [0.25, 0.3) is 0 Å². The van der Waals surface area contributed by atoms with Crippen molar-refractivity contribution in [1.29, 1.82) is 0 Å². The van der Waals surface area contributed by atoms with E-state index >= 15 is 0 Å². The third-order valence-corrected chi connectivity index (χ3v) is 5.79. The Morgan fingerprint density at radius 2 is 1.69 bits per heavy atom. The van der Waals surface area contributed by atoms with Crippen molar-refractivity contribution in [3.05, 3.63) is 35.9 Å². The van der Waals surface area contributed by atoms with E-state index in [1.54, 1.807) is 0 Å². The summed E-state index contributed by atoms with van der Waals surface area (Å²) >= 11 is 0. The fourth-order valence-electron chi connectivity index (χ4n) is 4.37. The Kier molecular flexibility index (Phi) is 7.91. The molecule has 5 nitrogen and oxygen atoms in total. The van der Waals surface area contributed by atoms with Crippen LogP contribution in [0.5, 0.6) is 0 Å². The molecular weight excluding hydrogens is 350 g/mol. The number of halogens is 1. The molecule has 1 aromatic rings. The summed E-state index contributed by atoms with van der Waals surface area (Å²) < 4.78 is 0. The minimum absolute atomic E-state index is 0. The Bertz CT molecular complexity index is 582. The number of hydrogen-bond acceptors (Lipinski definition) is 3. The Balaban J connectivity index is 0.00000243. The largest absolute Gasteiger partial charge is 0.354 e. The van der Waals surface area contributed by atoms with Crippen molar-refractivity contribution in [2.24, 2.45) is 23.5 Å². The fraction of sp³-hybridized carbons (Fsp3) is 0.600. The van der Waals surface area contributed by atoms with Gasteiger partial charge in [0.1, 0.15) is 0 Å². The van der Waals surface area contributed by atoms with E-state index in [4.69, 9.17) is 5.73 Å². The Labute approximate surface area is 161 Å². The van der Waals surface area contributed by atoms with Crippen LogP contribution in [-0.2, 0) is 16.0 Å². The smallest absolute Gasteiger partial charge is 0.239 e. The van der Waals surface area contributed by atoms with E-state index in [-0.39, 0.29) is 42.7 Å². The molecule has 2 aliphatic carbocycles. The van der Waals surface area contributed by atoms with Gasteiger partial charge in [-0.1, -0.05) is 36.8 Å². The molecule has 26 heavy (non-hydrogen) atoms. The molecule has 0 heterocycles. The van der Waals surface area contributed by atoms with Crippen LogP contribution in [0.25, 0.3) is 0 Å². The first-order valence-corrected chi connectivity index (χ1v) is 9.47. The normalized spacial score (nSPS) is 27.1. The number of carbonyl (C=O) groups excluding carboxylic acids is 2. The predicted molar refractivity (Wildman–Crippen MR) is 105 cm³/mol. The number of nitrogens with two attached hydrogens (primary N) is 1. The van der Waals surface area contributed by atoms with Crippen LogP contribution in [-0.4, -0.2) is 30.9 Å². The summed E-state index contributed by atoms with van der Waals surface area (Å²) in [5.74, 6) is 0.858. The van der Waals surface area contributed by atoms with Gasteiger partial charge in [0.15, 0.2) is 0 Å². The van der Waals surface area contributed by atoms with E-state index in [1.165, 1.54) is 12.0 Å². The highest BCUT2D eigenvalue weighted by atomic mass is 35.5. The lowest BCUT2D eigenvalue weighted by Gasteiger charge is -2.43. The van der Waals surface area contributed by atoms with Crippen molar-refractivity contribution in [1.82, 2.24) is 10.6 Å². The van der Waals surface area contributed by atoms with E-state index in [1.807, 2.05) is 30.3 Å². The van der Waals surface area contributed by atoms with Gasteiger partial charge >= 0.3 is 0 Å². The van der Waals surface area contributed by atoms with Crippen LogP contribution >= 0.6 is 12.4 Å². The second-order valence-corrected chi connectivity index (χ2v) is 7.50. The molecule has 2 amide bonds. The first-order chi connectivity index (χ1) is 12.1. The molecule has 1 aromatic carbocycles. The monoisotopic (exact) mass is 379 g/mol. The van der Waals surface area contributed by atoms with Crippen LogP contribution in [0.4, 0.5) is 0 Å². The zero-order valence-electron chi connectivity index (χ0n) is 15.2. The number of hydrogen-bond donors (Lipinski definition) is 3. The molecular formula is C20H30ClN3O2. The lowest BCUT2D eigenvalue weighted by atomic mass is 9.65. The maximum Gasteiger partial charge on any atom is 0.239 e. The summed E-state index contributed by atoms with van der Waals surface area (Å²) in [6.45, 7) is 0.645. The van der Waals surface area contributed by atoms with Gasteiger partial charge in [0.2, 0.25) is 11.8 Å². The van der Waals surface area contributed by atoms with Crippen LogP contribution in [0.2, 0.25) is 0 Å². The molecule has 0 aromatic heterocycles. The zero-order valence-corrected chi connectivity index (χ0v) is 16.0. The summed E-state index contributed by atoms with van der Waals surface area (Å²) in [5, 5.41) is 5.68. The van der Waals surface area contributed by atoms with E-state index in [0.29, 0.717) is 18.4 Å². The number of rotatable bonds is 6. The Hall–Kier alpha value is -1.59. The summed E-state index contributed by atoms with van der Waals surface area (Å²) in [7, 11) is 0. The summed E-state index contributed by atoms with van der Waals surface area (Å²) in [4.78, 5) is 24.3. The molecule has 0 saturated heterocycles. The minimum Gasteiger partial charge on any atom is -0.354 e. The molecule has 2 aliphatic rings. The van der Waals surface area contributed by atoms with Crippen LogP contribution < -0.4 is 16.4 Å². The second-order valence-electron chi connectivity index (χ2n) is 7.50. The van der Waals surface area contributed by atoms with Gasteiger partial charge in [-0.3, -0.25) is 9.59 Å². The molecule has 4 N–H and O–H groups in total. The summed E-state index contributed by atoms with van der Waals surface area (Å²) in [6.07, 6.45) is 6.06. The highest BCUT2D eigenvalue weighted by Crippen LogP contribution is 2.41. The minimum atomic E-state index is -0.128. The average molecular weight is 380 g/mol. The van der Waals surface area contributed by atoms with E-state index in [2.05, 4.69) is 10.6 Å². The number of fused-ring (bicyclic) bond motifs is 2. The molecule has 0 radical (unpaired) electrons. The van der Waals surface area contributed by atoms with Crippen LogP contribution in [0.15, 0.2) is 30.3 Å². The lowest BCUT2D eigenvalue weighted by Crippen LogP contribution is -2.50. The number of benzene rings is 1. The number of carbonyl (C=O) groups is 2. The molecule has 2 bridgehead atoms. The third kappa shape index (κ3) is 5.45. The quantitative estimate of drug-likeness (QED) is 0.707. The van der Waals surface area contributed by atoms with Gasteiger partial charge in [-0.05, 0) is 49.5 Å². The summed E-state index contributed by atoms with van der Waals surface area (Å²) in [6, 6.07) is 10.3. The van der Waals surface area contributed by atoms with Crippen molar-refractivity contribution in [2.75, 3.05) is 13.1 Å². The molecule has 0 aliphatic heterocycles. The molecule has 0 spiro atoms. The highest BCUT2D eigenvalue weighted by Gasteiger charge is 2.40. The fourth-order valence-corrected chi connectivity index (χ4v) is 4.37. The zero-order chi connectivity index (χ0) is 17.6. The van der Waals surface area contributed by atoms with Crippen LogP contribution in [0, 0.1) is 17.8 Å². The van der Waals surface area contributed by atoms with E-state index < -0.39 is 0 Å². The maximum absolute atomic E-state index is 12.4. The molecule has 2 atom stereocenters. The summed E-state index contributed by atoms with van der Waals surface area (Å²) in [5.41, 5.74) is 7.47. The standard InChI is InChI=1S/C20H29N3O2.ClH/c21-19-15-7-4-8-16(19)12-17(11-15)20(25)23-13-18(24)22-10-9-14-5-2-1-3-6-14;/h1-3,5-6,15-17,19H,4,7-13,21H2,(H,22,24)(H,23,25);1H. The van der Waals surface area contributed by atoms with Gasteiger partial charge in [-0.25, -0.2) is 0 Å². The van der Waals surface area contributed by atoms with Crippen LogP contribution in [0.1, 0.15) is 37.7 Å². The van der Waals surface area contributed by atoms with Crippen molar-refractivity contribution in [2.45, 2.75) is 44.6 Å². The molecule has 2 fully saturated rings. The molecule has 2 unspecified atom stereocenters. The Morgan fingerprint density at radius 3 is 2.35 bits per heavy atom. The highest BCUT2D eigenvalue weighted by molar-refractivity contribution is 5.86. The van der Waals surface area contributed by atoms with E-state index in [0.717, 1.165) is 32.1 Å². The van der Waals surface area contributed by atoms with Crippen molar-refractivity contribution in [3.63, 3.8) is 0 Å².